The van der Waals surface area contributed by atoms with E-state index >= 15 is 0 Å². The zero-order valence-corrected chi connectivity index (χ0v) is 46.6. The van der Waals surface area contributed by atoms with E-state index in [2.05, 4.69) is 73.2 Å². The zero-order chi connectivity index (χ0) is 55.1. The monoisotopic (exact) mass is 1110 g/mol. The third kappa shape index (κ3) is 16.7. The van der Waals surface area contributed by atoms with Crippen molar-refractivity contribution >= 4 is 73.7 Å². The molecule has 6 aromatic rings. The van der Waals surface area contributed by atoms with Crippen LogP contribution in [0.3, 0.4) is 0 Å². The SMILES string of the molecule is C.C1CCOC1.CO.COC(=O)c1cccc(C2=Nc3cc(C)c(C)cc3CC(=O)C2)c1.COC(=O)c1cccc(C2CC(=O)Cc3cc(C)c(C)cc3N2)c1.Cc1cc2c(cc1C)N=C(c1cccc(Br)c1)CC(=O)C2. The summed E-state index contributed by atoms with van der Waals surface area (Å²) in [4.78, 5) is 69.9. The maximum atomic E-state index is 12.4. The number of halogens is 1. The molecule has 6 aromatic carbocycles. The summed E-state index contributed by atoms with van der Waals surface area (Å²) >= 11 is 3.48. The van der Waals surface area contributed by atoms with Gasteiger partial charge >= 0.3 is 11.9 Å². The van der Waals surface area contributed by atoms with Crippen LogP contribution < -0.4 is 5.32 Å². The molecular formula is C64H72BrN3O9. The second-order valence-electron chi connectivity index (χ2n) is 19.3. The van der Waals surface area contributed by atoms with Gasteiger partial charge in [0.2, 0.25) is 0 Å². The number of aliphatic hydroxyl groups excluding tert-OH is 1. The van der Waals surface area contributed by atoms with Crippen LogP contribution in [0.4, 0.5) is 17.1 Å². The number of aliphatic imine (C=N–C) groups is 2. The van der Waals surface area contributed by atoms with Gasteiger partial charge in [-0.05, 0) is 176 Å². The van der Waals surface area contributed by atoms with Gasteiger partial charge in [-0.2, -0.15) is 0 Å². The molecule has 0 aromatic heterocycles. The van der Waals surface area contributed by atoms with Crippen molar-refractivity contribution in [2.75, 3.05) is 39.9 Å². The Morgan fingerprint density at radius 3 is 1.49 bits per heavy atom. The van der Waals surface area contributed by atoms with Gasteiger partial charge in [0.15, 0.2) is 0 Å². The average molecular weight is 1110 g/mol. The van der Waals surface area contributed by atoms with Gasteiger partial charge in [0, 0.05) is 69.0 Å². The Hall–Kier alpha value is -7.19. The average Bonchev–Trinajstić information content (AvgIpc) is 3.86. The van der Waals surface area contributed by atoms with Gasteiger partial charge in [0.25, 0.3) is 0 Å². The van der Waals surface area contributed by atoms with E-state index in [1.807, 2.05) is 68.4 Å². The molecular weight excluding hydrogens is 1030 g/mol. The summed E-state index contributed by atoms with van der Waals surface area (Å²) in [6.45, 7) is 14.4. The van der Waals surface area contributed by atoms with Crippen molar-refractivity contribution in [1.82, 2.24) is 0 Å². The first kappa shape index (κ1) is 60.7. The van der Waals surface area contributed by atoms with Crippen molar-refractivity contribution in [3.8, 4) is 0 Å². The van der Waals surface area contributed by atoms with Gasteiger partial charge in [0.1, 0.15) is 17.3 Å². The van der Waals surface area contributed by atoms with E-state index in [4.69, 9.17) is 29.3 Å². The van der Waals surface area contributed by atoms with Gasteiger partial charge < -0.3 is 24.6 Å². The van der Waals surface area contributed by atoms with Crippen molar-refractivity contribution in [3.63, 3.8) is 0 Å². The van der Waals surface area contributed by atoms with Crippen molar-refractivity contribution in [3.05, 3.63) is 192 Å². The van der Waals surface area contributed by atoms with Gasteiger partial charge in [0.05, 0.1) is 54.2 Å². The number of anilines is 1. The molecule has 1 fully saturated rings. The molecule has 10 rings (SSSR count). The summed E-state index contributed by atoms with van der Waals surface area (Å²) in [6.07, 6.45) is 4.91. The number of esters is 2. The first-order chi connectivity index (χ1) is 36.5. The largest absolute Gasteiger partial charge is 0.465 e. The highest BCUT2D eigenvalue weighted by Crippen LogP contribution is 2.34. The predicted molar refractivity (Wildman–Crippen MR) is 311 cm³/mol. The number of nitrogens with zero attached hydrogens (tertiary/aromatic N) is 2. The lowest BCUT2D eigenvalue weighted by Crippen LogP contribution is -2.14. The molecule has 1 unspecified atom stereocenters. The minimum Gasteiger partial charge on any atom is -0.465 e. The molecule has 0 aliphatic carbocycles. The number of fused-ring (bicyclic) bond motifs is 3. The smallest absolute Gasteiger partial charge is 0.337 e. The highest BCUT2D eigenvalue weighted by molar-refractivity contribution is 9.10. The van der Waals surface area contributed by atoms with Crippen LogP contribution in [0.15, 0.2) is 124 Å². The minimum atomic E-state index is -0.399. The fraction of sp³-hybridized carbons (Fsp3) is 0.328. The molecule has 0 radical (unpaired) electrons. The van der Waals surface area contributed by atoms with Crippen molar-refractivity contribution in [2.24, 2.45) is 9.98 Å². The molecule has 4 heterocycles. The fourth-order valence-corrected chi connectivity index (χ4v) is 9.47. The number of carbonyl (C=O) groups excluding carboxylic acids is 5. The summed E-state index contributed by atoms with van der Waals surface area (Å²) in [5.74, 6) is -0.235. The van der Waals surface area contributed by atoms with E-state index < -0.39 is 5.97 Å². The van der Waals surface area contributed by atoms with Crippen molar-refractivity contribution in [2.45, 2.75) is 106 Å². The van der Waals surface area contributed by atoms with Gasteiger partial charge in [-0.3, -0.25) is 24.4 Å². The summed E-state index contributed by atoms with van der Waals surface area (Å²) in [5.41, 5.74) is 18.1. The maximum absolute atomic E-state index is 12.4. The van der Waals surface area contributed by atoms with Crippen LogP contribution in [0.5, 0.6) is 0 Å². The lowest BCUT2D eigenvalue weighted by atomic mass is 9.98. The van der Waals surface area contributed by atoms with E-state index in [1.165, 1.54) is 49.3 Å². The number of ketones is 3. The highest BCUT2D eigenvalue weighted by atomic mass is 79.9. The fourth-order valence-electron chi connectivity index (χ4n) is 9.07. The Morgan fingerprint density at radius 1 is 0.558 bits per heavy atom. The number of ether oxygens (including phenoxy) is 3. The van der Waals surface area contributed by atoms with Crippen LogP contribution >= 0.6 is 15.9 Å². The normalized spacial score (nSPS) is 15.1. The number of hydrogen-bond acceptors (Lipinski definition) is 12. The first-order valence-electron chi connectivity index (χ1n) is 25.4. The molecule has 1 atom stereocenters. The quantitative estimate of drug-likeness (QED) is 0.158. The molecule has 0 saturated carbocycles. The summed E-state index contributed by atoms with van der Waals surface area (Å²) in [7, 11) is 3.72. The topological polar surface area (TPSA) is 170 Å². The number of carbonyl (C=O) groups is 5. The number of aliphatic hydroxyl groups is 1. The van der Waals surface area contributed by atoms with Crippen molar-refractivity contribution in [1.29, 1.82) is 0 Å². The summed E-state index contributed by atoms with van der Waals surface area (Å²) in [5, 5.41) is 10.5. The molecule has 4 aliphatic heterocycles. The molecule has 0 spiro atoms. The molecule has 12 nitrogen and oxygen atoms in total. The number of aryl methyl sites for hydroxylation is 6. The number of hydrogen-bond donors (Lipinski definition) is 2. The highest BCUT2D eigenvalue weighted by Gasteiger charge is 2.25. The number of Topliss-reactive ketones (excluding diaryl/α,β-unsaturated/α-hetero) is 3. The molecule has 404 valence electrons. The Bertz CT molecular complexity index is 3180. The first-order valence-corrected chi connectivity index (χ1v) is 26.2. The Morgan fingerprint density at radius 2 is 1.00 bits per heavy atom. The Labute approximate surface area is 462 Å². The predicted octanol–water partition coefficient (Wildman–Crippen LogP) is 13.2. The molecule has 0 bridgehead atoms. The van der Waals surface area contributed by atoms with E-state index in [1.54, 1.807) is 30.3 Å². The van der Waals surface area contributed by atoms with E-state index in [9.17, 15) is 24.0 Å². The third-order valence-electron chi connectivity index (χ3n) is 13.6. The van der Waals surface area contributed by atoms with Crippen LogP contribution in [0.25, 0.3) is 0 Å². The van der Waals surface area contributed by atoms with Gasteiger partial charge in [-0.15, -0.1) is 0 Å². The third-order valence-corrected chi connectivity index (χ3v) is 14.1. The van der Waals surface area contributed by atoms with Gasteiger partial charge in [-0.25, -0.2) is 9.59 Å². The molecule has 0 amide bonds. The summed E-state index contributed by atoms with van der Waals surface area (Å²) < 4.78 is 15.5. The number of nitrogens with one attached hydrogen (secondary N) is 1. The molecule has 2 N–H and O–H groups in total. The van der Waals surface area contributed by atoms with Gasteiger partial charge in [-0.1, -0.05) is 78.0 Å². The number of methoxy groups -OCH3 is 2. The lowest BCUT2D eigenvalue weighted by molar-refractivity contribution is -0.119. The molecule has 13 heteroatoms. The standard InChI is InChI=1S/C20H21NO3.C20H19NO3.C18H16BrNO.C4H8O.CH4O.CH4/c2*1-12-7-16-10-17(22)11-19(21-18(16)8-13(12)2)14-5-4-6-15(9-14)20(23)24-3;1-11-6-14-9-16(21)10-18(20-17(14)7-12(11)2)13-4-3-5-15(19)8-13;1-2-4-5-3-1;1-2;/h4-9,19,21H,10-11H2,1-3H3;4-9H,10-11H2,1-3H3;3-8H,9-10H2,1-2H3;1-4H2;2H,1H3;1H4. The number of rotatable bonds is 5. The molecule has 1 saturated heterocycles. The Balaban J connectivity index is 0.000000199. The molecule has 77 heavy (non-hydrogen) atoms. The van der Waals surface area contributed by atoms with Crippen LogP contribution in [0.1, 0.15) is 133 Å². The summed E-state index contributed by atoms with van der Waals surface area (Å²) in [6, 6.07) is 34.6. The second-order valence-corrected chi connectivity index (χ2v) is 20.2. The van der Waals surface area contributed by atoms with Crippen LogP contribution in [-0.2, 0) is 47.9 Å². The van der Waals surface area contributed by atoms with E-state index in [0.717, 1.165) is 92.1 Å². The van der Waals surface area contributed by atoms with E-state index in [0.29, 0.717) is 48.9 Å². The lowest BCUT2D eigenvalue weighted by Gasteiger charge is -2.19. The molecule has 4 aliphatic rings. The maximum Gasteiger partial charge on any atom is 0.337 e. The zero-order valence-electron chi connectivity index (χ0n) is 45.0. The van der Waals surface area contributed by atoms with Crippen molar-refractivity contribution < 1.29 is 43.3 Å². The van der Waals surface area contributed by atoms with E-state index in [-0.39, 0.29) is 43.2 Å². The Kier molecular flexibility index (Phi) is 22.7. The van der Waals surface area contributed by atoms with Crippen LogP contribution in [-0.4, -0.2) is 80.4 Å². The minimum absolute atomic E-state index is 0. The second kappa shape index (κ2) is 28.8. The van der Waals surface area contributed by atoms with Crippen LogP contribution in [0.2, 0.25) is 0 Å². The van der Waals surface area contributed by atoms with Crippen LogP contribution in [0, 0.1) is 41.5 Å². The number of benzene rings is 6.